The molecule has 0 radical (unpaired) electrons. The highest BCUT2D eigenvalue weighted by atomic mass is 35.5. The zero-order chi connectivity index (χ0) is 15.6. The van der Waals surface area contributed by atoms with Gasteiger partial charge in [0.2, 0.25) is 0 Å². The number of ether oxygens (including phenoxy) is 1. The summed E-state index contributed by atoms with van der Waals surface area (Å²) in [4.78, 5) is 0. The number of hydrogen-bond acceptors (Lipinski definition) is 2. The van der Waals surface area contributed by atoms with Crippen molar-refractivity contribution in [1.82, 2.24) is 5.32 Å². The van der Waals surface area contributed by atoms with Gasteiger partial charge in [-0.2, -0.15) is 0 Å². The van der Waals surface area contributed by atoms with Gasteiger partial charge in [-0.05, 0) is 61.9 Å². The van der Waals surface area contributed by atoms with E-state index in [1.54, 1.807) is 19.2 Å². The predicted octanol–water partition coefficient (Wildman–Crippen LogP) is 4.41. The van der Waals surface area contributed by atoms with Gasteiger partial charge >= 0.3 is 0 Å². The highest BCUT2D eigenvalue weighted by Gasteiger charge is 2.19. The van der Waals surface area contributed by atoms with E-state index < -0.39 is 0 Å². The first-order valence-electron chi connectivity index (χ1n) is 6.75. The highest BCUT2D eigenvalue weighted by Crippen LogP contribution is 2.32. The molecule has 0 heterocycles. The lowest BCUT2D eigenvalue weighted by Gasteiger charge is -2.22. The summed E-state index contributed by atoms with van der Waals surface area (Å²) >= 11 is 6.01. The van der Waals surface area contributed by atoms with Gasteiger partial charge in [-0.1, -0.05) is 17.7 Å². The zero-order valence-corrected chi connectivity index (χ0v) is 13.4. The quantitative estimate of drug-likeness (QED) is 0.903. The van der Waals surface area contributed by atoms with Gasteiger partial charge in [-0.25, -0.2) is 4.39 Å². The van der Waals surface area contributed by atoms with Gasteiger partial charge in [-0.3, -0.25) is 0 Å². The van der Waals surface area contributed by atoms with Crippen molar-refractivity contribution < 1.29 is 9.13 Å². The maximum atomic E-state index is 14.1. The van der Waals surface area contributed by atoms with E-state index in [4.69, 9.17) is 16.3 Å². The second-order valence-corrected chi connectivity index (χ2v) is 5.50. The Morgan fingerprint density at radius 3 is 2.43 bits per heavy atom. The van der Waals surface area contributed by atoms with Crippen molar-refractivity contribution in [3.8, 4) is 5.75 Å². The van der Waals surface area contributed by atoms with E-state index in [1.807, 2.05) is 33.0 Å². The van der Waals surface area contributed by atoms with Crippen LogP contribution in [0.15, 0.2) is 30.3 Å². The van der Waals surface area contributed by atoms with Crippen molar-refractivity contribution >= 4 is 11.6 Å². The third-order valence-corrected chi connectivity index (χ3v) is 3.89. The van der Waals surface area contributed by atoms with Crippen LogP contribution in [0.1, 0.15) is 28.3 Å². The lowest BCUT2D eigenvalue weighted by molar-refractivity contribution is 0.411. The number of aryl methyl sites for hydroxylation is 2. The Balaban J connectivity index is 2.56. The van der Waals surface area contributed by atoms with Crippen molar-refractivity contribution in [2.24, 2.45) is 0 Å². The number of halogens is 2. The van der Waals surface area contributed by atoms with E-state index in [-0.39, 0.29) is 11.9 Å². The molecule has 0 saturated heterocycles. The molecule has 21 heavy (non-hydrogen) atoms. The third-order valence-electron chi connectivity index (χ3n) is 3.65. The molecule has 2 rings (SSSR count). The van der Waals surface area contributed by atoms with E-state index in [9.17, 15) is 4.39 Å². The molecule has 0 fully saturated rings. The summed E-state index contributed by atoms with van der Waals surface area (Å²) in [5.74, 6) is 0.560. The van der Waals surface area contributed by atoms with Crippen molar-refractivity contribution in [2.45, 2.75) is 19.9 Å². The normalized spacial score (nSPS) is 12.3. The third kappa shape index (κ3) is 3.20. The Bertz CT molecular complexity index is 657. The minimum absolute atomic E-state index is 0.256. The van der Waals surface area contributed by atoms with Gasteiger partial charge in [0.25, 0.3) is 0 Å². The molecule has 0 aromatic heterocycles. The van der Waals surface area contributed by atoms with Gasteiger partial charge < -0.3 is 10.1 Å². The summed E-state index contributed by atoms with van der Waals surface area (Å²) in [5.41, 5.74) is 3.60. The number of rotatable bonds is 4. The summed E-state index contributed by atoms with van der Waals surface area (Å²) in [5, 5.41) is 3.69. The lowest BCUT2D eigenvalue weighted by atomic mass is 9.93. The van der Waals surface area contributed by atoms with Crippen LogP contribution in [0.4, 0.5) is 4.39 Å². The summed E-state index contributed by atoms with van der Waals surface area (Å²) in [6.45, 7) is 3.97. The second kappa shape index (κ2) is 6.46. The van der Waals surface area contributed by atoms with Gasteiger partial charge in [0.15, 0.2) is 0 Å². The van der Waals surface area contributed by atoms with Crippen LogP contribution in [0.3, 0.4) is 0 Å². The second-order valence-electron chi connectivity index (χ2n) is 5.07. The molecule has 0 spiro atoms. The topological polar surface area (TPSA) is 21.3 Å². The number of nitrogens with one attached hydrogen (secondary N) is 1. The molecule has 1 unspecified atom stereocenters. The van der Waals surface area contributed by atoms with Crippen molar-refractivity contribution in [3.63, 3.8) is 0 Å². The van der Waals surface area contributed by atoms with Crippen LogP contribution in [0, 0.1) is 19.7 Å². The summed E-state index contributed by atoms with van der Waals surface area (Å²) in [7, 11) is 3.46. The minimum atomic E-state index is -0.272. The van der Waals surface area contributed by atoms with E-state index >= 15 is 0 Å². The smallest absolute Gasteiger partial charge is 0.128 e. The van der Waals surface area contributed by atoms with Crippen molar-refractivity contribution in [1.29, 1.82) is 0 Å². The molecule has 0 saturated carbocycles. The number of methoxy groups -OCH3 is 1. The van der Waals surface area contributed by atoms with E-state index in [0.717, 1.165) is 22.4 Å². The van der Waals surface area contributed by atoms with E-state index in [1.165, 1.54) is 6.07 Å². The van der Waals surface area contributed by atoms with Gasteiger partial charge in [-0.15, -0.1) is 0 Å². The fourth-order valence-electron chi connectivity index (χ4n) is 2.56. The molecule has 112 valence electrons. The summed E-state index contributed by atoms with van der Waals surface area (Å²) in [6.07, 6.45) is 0. The van der Waals surface area contributed by atoms with Crippen LogP contribution in [-0.4, -0.2) is 14.2 Å². The Morgan fingerprint density at radius 2 is 1.81 bits per heavy atom. The lowest BCUT2D eigenvalue weighted by Crippen LogP contribution is -2.20. The molecule has 2 nitrogen and oxygen atoms in total. The van der Waals surface area contributed by atoms with Crippen LogP contribution in [0.2, 0.25) is 5.02 Å². The molecule has 2 aromatic rings. The Morgan fingerprint density at radius 1 is 1.10 bits per heavy atom. The maximum Gasteiger partial charge on any atom is 0.128 e. The number of hydrogen-bond donors (Lipinski definition) is 1. The van der Waals surface area contributed by atoms with E-state index in [2.05, 4.69) is 5.32 Å². The van der Waals surface area contributed by atoms with Crippen LogP contribution in [0.25, 0.3) is 0 Å². The zero-order valence-electron chi connectivity index (χ0n) is 12.6. The van der Waals surface area contributed by atoms with E-state index in [0.29, 0.717) is 10.6 Å². The van der Waals surface area contributed by atoms with Gasteiger partial charge in [0.1, 0.15) is 11.6 Å². The molecule has 0 bridgehead atoms. The fraction of sp³-hybridized carbons (Fsp3) is 0.294. The SMILES string of the molecule is CNC(c1cc(C)c(OC)cc1C)c1cc(Cl)ccc1F. The molecule has 1 N–H and O–H groups in total. The largest absolute Gasteiger partial charge is 0.496 e. The molecular weight excluding hydrogens is 289 g/mol. The molecule has 0 aliphatic rings. The van der Waals surface area contributed by atoms with Gasteiger partial charge in [0.05, 0.1) is 13.2 Å². The Kier molecular flexibility index (Phi) is 4.86. The molecule has 0 aliphatic carbocycles. The standard InChI is InChI=1S/C17H19ClFNO/c1-10-8-16(21-4)11(2)7-13(10)17(20-3)14-9-12(18)5-6-15(14)19/h5-9,17,20H,1-4H3. The first kappa shape index (κ1) is 15.8. The predicted molar refractivity (Wildman–Crippen MR) is 84.8 cm³/mol. The minimum Gasteiger partial charge on any atom is -0.496 e. The first-order valence-corrected chi connectivity index (χ1v) is 7.13. The monoisotopic (exact) mass is 307 g/mol. The summed E-state index contributed by atoms with van der Waals surface area (Å²) in [6, 6.07) is 8.35. The fourth-order valence-corrected chi connectivity index (χ4v) is 2.74. The Hall–Kier alpha value is -1.58. The van der Waals surface area contributed by atoms with Crippen molar-refractivity contribution in [3.05, 3.63) is 63.4 Å². The average molecular weight is 308 g/mol. The highest BCUT2D eigenvalue weighted by molar-refractivity contribution is 6.30. The molecule has 0 aliphatic heterocycles. The van der Waals surface area contributed by atoms with Crippen LogP contribution < -0.4 is 10.1 Å². The van der Waals surface area contributed by atoms with Crippen LogP contribution in [-0.2, 0) is 0 Å². The number of benzene rings is 2. The molecule has 4 heteroatoms. The molecular formula is C17H19ClFNO. The molecule has 0 amide bonds. The van der Waals surface area contributed by atoms with Crippen LogP contribution in [0.5, 0.6) is 5.75 Å². The molecule has 2 aromatic carbocycles. The Labute approximate surface area is 129 Å². The van der Waals surface area contributed by atoms with Crippen molar-refractivity contribution in [2.75, 3.05) is 14.2 Å². The van der Waals surface area contributed by atoms with Gasteiger partial charge in [0, 0.05) is 10.6 Å². The summed E-state index contributed by atoms with van der Waals surface area (Å²) < 4.78 is 19.5. The maximum absolute atomic E-state index is 14.1. The van der Waals surface area contributed by atoms with Crippen LogP contribution >= 0.6 is 11.6 Å². The molecule has 1 atom stereocenters. The average Bonchev–Trinajstić information content (AvgIpc) is 2.46. The first-order chi connectivity index (χ1) is 9.97.